The zero-order valence-corrected chi connectivity index (χ0v) is 13.5. The van der Waals surface area contributed by atoms with Crippen molar-refractivity contribution in [2.45, 2.75) is 37.5 Å². The lowest BCUT2D eigenvalue weighted by Gasteiger charge is -2.13. The Morgan fingerprint density at radius 3 is 1.10 bits per heavy atom. The van der Waals surface area contributed by atoms with Gasteiger partial charge in [0, 0.05) is 11.5 Å². The first kappa shape index (κ1) is 17.7. The van der Waals surface area contributed by atoms with Crippen molar-refractivity contribution in [2.75, 3.05) is 11.5 Å². The highest BCUT2D eigenvalue weighted by molar-refractivity contribution is 7.99. The van der Waals surface area contributed by atoms with Gasteiger partial charge in [0.1, 0.15) is 0 Å². The molecule has 0 aliphatic heterocycles. The van der Waals surface area contributed by atoms with E-state index in [1.165, 1.54) is 0 Å². The first-order valence-electron chi connectivity index (χ1n) is 6.37. The molecule has 0 spiro atoms. The minimum Gasteiger partial charge on any atom is -0.202 e. The number of halogens is 4. The summed E-state index contributed by atoms with van der Waals surface area (Å²) < 4.78 is 55.4. The molecule has 6 heteroatoms. The molecule has 1 rings (SSSR count). The molecular formula is C14H18F4S2. The third kappa shape index (κ3) is 4.32. The van der Waals surface area contributed by atoms with Crippen LogP contribution in [0.25, 0.3) is 0 Å². The minimum absolute atomic E-state index is 0.167. The zero-order valence-electron chi connectivity index (χ0n) is 11.9. The summed E-state index contributed by atoms with van der Waals surface area (Å²) in [5.74, 6) is -4.04. The normalized spacial score (nSPS) is 11.7. The highest BCUT2D eigenvalue weighted by Crippen LogP contribution is 2.37. The molecule has 0 radical (unpaired) electrons. The summed E-state index contributed by atoms with van der Waals surface area (Å²) >= 11 is 1.61. The van der Waals surface area contributed by atoms with Gasteiger partial charge in [0.25, 0.3) is 0 Å². The fraction of sp³-hybridized carbons (Fsp3) is 0.571. The van der Waals surface area contributed by atoms with Gasteiger partial charge in [-0.2, -0.15) is 0 Å². The maximum atomic E-state index is 13.9. The average Bonchev–Trinajstić information content (AvgIpc) is 2.35. The molecule has 0 amide bonds. The van der Waals surface area contributed by atoms with Gasteiger partial charge in [0.05, 0.1) is 9.79 Å². The van der Waals surface area contributed by atoms with Gasteiger partial charge in [-0.1, -0.05) is 27.7 Å². The molecule has 0 aliphatic carbocycles. The Morgan fingerprint density at radius 1 is 0.650 bits per heavy atom. The van der Waals surface area contributed by atoms with Crippen LogP contribution in [-0.4, -0.2) is 11.5 Å². The lowest BCUT2D eigenvalue weighted by molar-refractivity contribution is 0.400. The molecule has 0 fully saturated rings. The van der Waals surface area contributed by atoms with Crippen LogP contribution in [-0.2, 0) is 0 Å². The van der Waals surface area contributed by atoms with Crippen molar-refractivity contribution in [2.24, 2.45) is 11.8 Å². The fourth-order valence-corrected chi connectivity index (χ4v) is 3.21. The Bertz CT molecular complexity index is 401. The second-order valence-corrected chi connectivity index (χ2v) is 7.38. The Morgan fingerprint density at radius 2 is 0.900 bits per heavy atom. The number of rotatable bonds is 6. The molecule has 0 N–H and O–H groups in total. The van der Waals surface area contributed by atoms with Crippen molar-refractivity contribution in [3.63, 3.8) is 0 Å². The molecule has 0 atom stereocenters. The van der Waals surface area contributed by atoms with E-state index in [-0.39, 0.29) is 11.8 Å². The van der Waals surface area contributed by atoms with Crippen LogP contribution >= 0.6 is 23.5 Å². The summed E-state index contributed by atoms with van der Waals surface area (Å²) in [6.07, 6.45) is 0. The molecule has 1 aromatic rings. The largest absolute Gasteiger partial charge is 0.202 e. The summed E-state index contributed by atoms with van der Waals surface area (Å²) in [6.45, 7) is 7.45. The van der Waals surface area contributed by atoms with Gasteiger partial charge in [-0.25, -0.2) is 17.6 Å². The maximum Gasteiger partial charge on any atom is 0.176 e. The molecule has 114 valence electrons. The van der Waals surface area contributed by atoms with Gasteiger partial charge in [-0.05, 0) is 11.8 Å². The second kappa shape index (κ2) is 7.59. The van der Waals surface area contributed by atoms with E-state index < -0.39 is 33.1 Å². The monoisotopic (exact) mass is 326 g/mol. The van der Waals surface area contributed by atoms with Crippen LogP contribution in [0.2, 0.25) is 0 Å². The Kier molecular flexibility index (Phi) is 6.72. The van der Waals surface area contributed by atoms with E-state index in [2.05, 4.69) is 0 Å². The summed E-state index contributed by atoms with van der Waals surface area (Å²) in [5, 5.41) is 0. The van der Waals surface area contributed by atoms with Gasteiger partial charge in [-0.15, -0.1) is 23.5 Å². The Labute approximate surface area is 125 Å². The van der Waals surface area contributed by atoms with Gasteiger partial charge in [-0.3, -0.25) is 0 Å². The van der Waals surface area contributed by atoms with Crippen LogP contribution in [0, 0.1) is 35.1 Å². The number of hydrogen-bond donors (Lipinski definition) is 0. The number of benzene rings is 1. The molecular weight excluding hydrogens is 308 g/mol. The van der Waals surface area contributed by atoms with E-state index >= 15 is 0 Å². The maximum absolute atomic E-state index is 13.9. The van der Waals surface area contributed by atoms with E-state index in [1.807, 2.05) is 27.7 Å². The number of hydrogen-bond acceptors (Lipinski definition) is 2. The van der Waals surface area contributed by atoms with Crippen LogP contribution < -0.4 is 0 Å². The van der Waals surface area contributed by atoms with Crippen molar-refractivity contribution >= 4 is 23.5 Å². The molecule has 1 aromatic carbocycles. The van der Waals surface area contributed by atoms with E-state index in [4.69, 9.17) is 0 Å². The second-order valence-electron chi connectivity index (χ2n) is 5.32. The highest BCUT2D eigenvalue weighted by atomic mass is 32.2. The van der Waals surface area contributed by atoms with E-state index in [0.29, 0.717) is 11.5 Å². The third-order valence-electron chi connectivity index (χ3n) is 2.30. The summed E-state index contributed by atoms with van der Waals surface area (Å²) in [7, 11) is 0. The number of thioether (sulfide) groups is 2. The molecule has 0 heterocycles. The van der Waals surface area contributed by atoms with Crippen LogP contribution in [0.5, 0.6) is 0 Å². The van der Waals surface area contributed by atoms with Crippen LogP contribution in [0.1, 0.15) is 27.7 Å². The topological polar surface area (TPSA) is 0 Å². The van der Waals surface area contributed by atoms with Crippen LogP contribution in [0.3, 0.4) is 0 Å². The van der Waals surface area contributed by atoms with Crippen LogP contribution in [0.4, 0.5) is 17.6 Å². The van der Waals surface area contributed by atoms with E-state index in [9.17, 15) is 17.6 Å². The Balaban J connectivity index is 3.13. The van der Waals surface area contributed by atoms with Gasteiger partial charge in [0.15, 0.2) is 23.3 Å². The first-order valence-corrected chi connectivity index (χ1v) is 8.34. The van der Waals surface area contributed by atoms with Gasteiger partial charge in [0.2, 0.25) is 0 Å². The van der Waals surface area contributed by atoms with E-state index in [1.54, 1.807) is 0 Å². The van der Waals surface area contributed by atoms with Gasteiger partial charge < -0.3 is 0 Å². The molecule has 0 nitrogen and oxygen atoms in total. The van der Waals surface area contributed by atoms with Crippen LogP contribution in [0.15, 0.2) is 9.79 Å². The predicted octanol–water partition coefficient (Wildman–Crippen LogP) is 5.74. The predicted molar refractivity (Wildman–Crippen MR) is 77.4 cm³/mol. The first-order chi connectivity index (χ1) is 9.25. The summed E-state index contributed by atoms with van der Waals surface area (Å²) in [5.41, 5.74) is 0. The quantitative estimate of drug-likeness (QED) is 0.371. The van der Waals surface area contributed by atoms with Crippen molar-refractivity contribution in [1.82, 2.24) is 0 Å². The zero-order chi connectivity index (χ0) is 15.4. The average molecular weight is 326 g/mol. The standard InChI is InChI=1S/C14H18F4S2/c1-7(2)5-19-13-9(15)11(17)14(12(18)10(13)16)20-6-8(3)4/h7-8H,5-6H2,1-4H3. The molecule has 0 saturated heterocycles. The molecule has 20 heavy (non-hydrogen) atoms. The fourth-order valence-electron chi connectivity index (χ4n) is 1.34. The molecule has 0 aliphatic rings. The SMILES string of the molecule is CC(C)CSc1c(F)c(F)c(SCC(C)C)c(F)c1F. The minimum atomic E-state index is -1.29. The lowest BCUT2D eigenvalue weighted by Crippen LogP contribution is -2.04. The van der Waals surface area contributed by atoms with Gasteiger partial charge >= 0.3 is 0 Å². The summed E-state index contributed by atoms with van der Waals surface area (Å²) in [6, 6.07) is 0. The summed E-state index contributed by atoms with van der Waals surface area (Å²) in [4.78, 5) is -1.13. The molecule has 0 bridgehead atoms. The third-order valence-corrected chi connectivity index (χ3v) is 5.27. The molecule has 0 unspecified atom stereocenters. The van der Waals surface area contributed by atoms with Crippen molar-refractivity contribution in [3.05, 3.63) is 23.3 Å². The lowest BCUT2D eigenvalue weighted by atomic mass is 10.3. The smallest absolute Gasteiger partial charge is 0.176 e. The van der Waals surface area contributed by atoms with E-state index in [0.717, 1.165) is 23.5 Å². The van der Waals surface area contributed by atoms with Crippen molar-refractivity contribution in [3.8, 4) is 0 Å². The Hall–Kier alpha value is -0.360. The highest BCUT2D eigenvalue weighted by Gasteiger charge is 2.26. The van der Waals surface area contributed by atoms with Crippen molar-refractivity contribution in [1.29, 1.82) is 0 Å². The molecule has 0 saturated carbocycles. The molecule has 0 aromatic heterocycles. The van der Waals surface area contributed by atoms with Crippen molar-refractivity contribution < 1.29 is 17.6 Å².